The number of anilines is 1. The zero-order chi connectivity index (χ0) is 19.1. The maximum absolute atomic E-state index is 14.0. The molecule has 0 unspecified atom stereocenters. The first-order valence-electron chi connectivity index (χ1n) is 9.69. The van der Waals surface area contributed by atoms with Gasteiger partial charge in [0.25, 0.3) is 0 Å². The van der Waals surface area contributed by atoms with Crippen molar-refractivity contribution >= 4 is 38.3 Å². The predicted octanol–water partition coefficient (Wildman–Crippen LogP) is 5.01. The summed E-state index contributed by atoms with van der Waals surface area (Å²) in [6.07, 6.45) is 7.94. The highest BCUT2D eigenvalue weighted by Crippen LogP contribution is 2.38. The van der Waals surface area contributed by atoms with Gasteiger partial charge < -0.3 is 10.2 Å². The molecule has 6 heteroatoms. The minimum absolute atomic E-state index is 0.123. The van der Waals surface area contributed by atoms with E-state index in [0.717, 1.165) is 49.6 Å². The SMILES string of the molecule is CN(C)[C@H]1CC[C@H](Nc2c(C(=O)C3CC3)cnc3cc(F)c(Br)cc23)CC1. The Balaban J connectivity index is 1.69. The molecule has 144 valence electrons. The lowest BCUT2D eigenvalue weighted by Crippen LogP contribution is -2.36. The molecule has 1 heterocycles. The van der Waals surface area contributed by atoms with Gasteiger partial charge in [0.15, 0.2) is 5.78 Å². The lowest BCUT2D eigenvalue weighted by Gasteiger charge is -2.34. The molecule has 1 aromatic heterocycles. The molecule has 2 fully saturated rings. The summed E-state index contributed by atoms with van der Waals surface area (Å²) in [5.74, 6) is -0.0544. The summed E-state index contributed by atoms with van der Waals surface area (Å²) >= 11 is 3.28. The van der Waals surface area contributed by atoms with Crippen LogP contribution in [0.4, 0.5) is 10.1 Å². The Kier molecular flexibility index (Phi) is 5.21. The highest BCUT2D eigenvalue weighted by atomic mass is 79.9. The van der Waals surface area contributed by atoms with Crippen LogP contribution in [0.25, 0.3) is 10.9 Å². The second kappa shape index (κ2) is 7.47. The molecule has 0 atom stereocenters. The number of hydrogen-bond acceptors (Lipinski definition) is 4. The summed E-state index contributed by atoms with van der Waals surface area (Å²) in [5, 5.41) is 4.45. The normalized spacial score (nSPS) is 23.0. The lowest BCUT2D eigenvalue weighted by molar-refractivity contribution is 0.0968. The van der Waals surface area contributed by atoms with Crippen LogP contribution in [0, 0.1) is 11.7 Å². The van der Waals surface area contributed by atoms with E-state index in [-0.39, 0.29) is 17.5 Å². The van der Waals surface area contributed by atoms with E-state index in [2.05, 4.69) is 45.2 Å². The van der Waals surface area contributed by atoms with Crippen molar-refractivity contribution in [2.45, 2.75) is 50.6 Å². The average molecular weight is 434 g/mol. The standard InChI is InChI=1S/C21H25BrFN3O/c1-26(2)14-7-5-13(6-8-14)25-20-15-9-17(22)18(23)10-19(15)24-11-16(20)21(27)12-3-4-12/h9-14H,3-8H2,1-2H3,(H,24,25)/t13-,14-. The number of Topliss-reactive ketones (excluding diaryl/α,β-unsaturated/α-hetero) is 1. The van der Waals surface area contributed by atoms with E-state index < -0.39 is 0 Å². The summed E-state index contributed by atoms with van der Waals surface area (Å²) in [5.41, 5.74) is 2.05. The summed E-state index contributed by atoms with van der Waals surface area (Å²) in [6.45, 7) is 0. The third-order valence-electron chi connectivity index (χ3n) is 5.90. The van der Waals surface area contributed by atoms with Gasteiger partial charge in [0, 0.05) is 35.7 Å². The number of hydrogen-bond donors (Lipinski definition) is 1. The van der Waals surface area contributed by atoms with Crippen LogP contribution in [0.5, 0.6) is 0 Å². The number of carbonyl (C=O) groups excluding carboxylic acids is 1. The highest BCUT2D eigenvalue weighted by molar-refractivity contribution is 9.10. The van der Waals surface area contributed by atoms with Crippen LogP contribution in [0.1, 0.15) is 48.9 Å². The molecule has 1 aromatic carbocycles. The van der Waals surface area contributed by atoms with Gasteiger partial charge in [-0.15, -0.1) is 0 Å². The minimum atomic E-state index is -0.339. The lowest BCUT2D eigenvalue weighted by atomic mass is 9.90. The minimum Gasteiger partial charge on any atom is -0.381 e. The van der Waals surface area contributed by atoms with Crippen LogP contribution >= 0.6 is 15.9 Å². The zero-order valence-corrected chi connectivity index (χ0v) is 17.4. The molecule has 0 bridgehead atoms. The number of fused-ring (bicyclic) bond motifs is 1. The van der Waals surface area contributed by atoms with Crippen LogP contribution in [0.3, 0.4) is 0 Å². The van der Waals surface area contributed by atoms with Crippen molar-refractivity contribution in [3.8, 4) is 0 Å². The number of rotatable bonds is 5. The first-order chi connectivity index (χ1) is 12.9. The van der Waals surface area contributed by atoms with Crippen LogP contribution < -0.4 is 5.32 Å². The smallest absolute Gasteiger partial charge is 0.169 e. The van der Waals surface area contributed by atoms with Crippen molar-refractivity contribution in [2.75, 3.05) is 19.4 Å². The van der Waals surface area contributed by atoms with E-state index in [1.54, 1.807) is 12.3 Å². The molecule has 2 aliphatic carbocycles. The van der Waals surface area contributed by atoms with Crippen LogP contribution in [0.15, 0.2) is 22.8 Å². The molecule has 4 nitrogen and oxygen atoms in total. The molecule has 0 saturated heterocycles. The van der Waals surface area contributed by atoms with Gasteiger partial charge in [0.05, 0.1) is 21.2 Å². The fourth-order valence-corrected chi connectivity index (χ4v) is 4.38. The molecule has 0 radical (unpaired) electrons. The number of aromatic nitrogens is 1. The first kappa shape index (κ1) is 18.8. The summed E-state index contributed by atoms with van der Waals surface area (Å²) in [4.78, 5) is 19.5. The Hall–Kier alpha value is -1.53. The summed E-state index contributed by atoms with van der Waals surface area (Å²) in [7, 11) is 4.26. The maximum Gasteiger partial charge on any atom is 0.169 e. The van der Waals surface area contributed by atoms with Crippen molar-refractivity contribution in [2.24, 2.45) is 5.92 Å². The van der Waals surface area contributed by atoms with Gasteiger partial charge >= 0.3 is 0 Å². The molecule has 1 N–H and O–H groups in total. The molecule has 0 aliphatic heterocycles. The molecule has 4 rings (SSSR count). The second-order valence-electron chi connectivity index (χ2n) is 8.08. The molecule has 2 aliphatic rings. The Morgan fingerprint density at radius 3 is 2.52 bits per heavy atom. The van der Waals surface area contributed by atoms with E-state index in [4.69, 9.17) is 0 Å². The second-order valence-corrected chi connectivity index (χ2v) is 8.94. The van der Waals surface area contributed by atoms with Gasteiger partial charge in [-0.25, -0.2) is 4.39 Å². The third-order valence-corrected chi connectivity index (χ3v) is 6.51. The van der Waals surface area contributed by atoms with E-state index in [1.165, 1.54) is 6.07 Å². The van der Waals surface area contributed by atoms with Crippen molar-refractivity contribution in [3.05, 3.63) is 34.2 Å². The van der Waals surface area contributed by atoms with E-state index in [9.17, 15) is 9.18 Å². The number of pyridine rings is 1. The topological polar surface area (TPSA) is 45.2 Å². The first-order valence-corrected chi connectivity index (χ1v) is 10.5. The molecule has 0 amide bonds. The van der Waals surface area contributed by atoms with Crippen molar-refractivity contribution in [1.82, 2.24) is 9.88 Å². The number of halogens is 2. The summed E-state index contributed by atoms with van der Waals surface area (Å²) < 4.78 is 14.4. The third kappa shape index (κ3) is 3.87. The van der Waals surface area contributed by atoms with Crippen molar-refractivity contribution < 1.29 is 9.18 Å². The Labute approximate surface area is 167 Å². The Bertz CT molecular complexity index is 873. The number of nitrogens with one attached hydrogen (secondary N) is 1. The van der Waals surface area contributed by atoms with E-state index in [0.29, 0.717) is 27.6 Å². The fourth-order valence-electron chi connectivity index (χ4n) is 4.04. The van der Waals surface area contributed by atoms with Gasteiger partial charge in [0.2, 0.25) is 0 Å². The Morgan fingerprint density at radius 1 is 1.19 bits per heavy atom. The van der Waals surface area contributed by atoms with E-state index in [1.807, 2.05) is 0 Å². The molecule has 27 heavy (non-hydrogen) atoms. The number of carbonyl (C=O) groups is 1. The van der Waals surface area contributed by atoms with Crippen LogP contribution in [-0.2, 0) is 0 Å². The van der Waals surface area contributed by atoms with Gasteiger partial charge in [-0.05, 0) is 74.6 Å². The zero-order valence-electron chi connectivity index (χ0n) is 15.8. The molecule has 2 saturated carbocycles. The summed E-state index contributed by atoms with van der Waals surface area (Å²) in [6, 6.07) is 4.11. The van der Waals surface area contributed by atoms with Gasteiger partial charge in [-0.2, -0.15) is 0 Å². The molecular weight excluding hydrogens is 409 g/mol. The van der Waals surface area contributed by atoms with Crippen LogP contribution in [0.2, 0.25) is 0 Å². The quantitative estimate of drug-likeness (QED) is 0.672. The predicted molar refractivity (Wildman–Crippen MR) is 110 cm³/mol. The van der Waals surface area contributed by atoms with Crippen LogP contribution in [-0.4, -0.2) is 41.8 Å². The number of nitrogens with zero attached hydrogens (tertiary/aromatic N) is 2. The van der Waals surface area contributed by atoms with Crippen molar-refractivity contribution in [3.63, 3.8) is 0 Å². The van der Waals surface area contributed by atoms with Crippen molar-refractivity contribution in [1.29, 1.82) is 0 Å². The monoisotopic (exact) mass is 433 g/mol. The fraction of sp³-hybridized carbons (Fsp3) is 0.524. The average Bonchev–Trinajstić information content (AvgIpc) is 3.48. The maximum atomic E-state index is 14.0. The highest BCUT2D eigenvalue weighted by Gasteiger charge is 2.33. The molecule has 2 aromatic rings. The number of ketones is 1. The van der Waals surface area contributed by atoms with Gasteiger partial charge in [-0.1, -0.05) is 0 Å². The molecule has 0 spiro atoms. The van der Waals surface area contributed by atoms with E-state index >= 15 is 0 Å². The van der Waals surface area contributed by atoms with Gasteiger partial charge in [0.1, 0.15) is 5.82 Å². The molecular formula is C21H25BrFN3O. The van der Waals surface area contributed by atoms with Gasteiger partial charge in [-0.3, -0.25) is 9.78 Å². The number of benzene rings is 1. The largest absolute Gasteiger partial charge is 0.381 e. The Morgan fingerprint density at radius 2 is 1.89 bits per heavy atom.